The maximum absolute atomic E-state index is 2.88. The number of hydrogen-bond donors (Lipinski definition) is 0. The zero-order valence-electron chi connectivity index (χ0n) is 52.9. The fourth-order valence-corrected chi connectivity index (χ4v) is 26.7. The molecule has 0 aliphatic heterocycles. The zero-order chi connectivity index (χ0) is 63.3. The fraction of sp³-hybridized carbons (Fsp3) is 0.0217. The van der Waals surface area contributed by atoms with Crippen LogP contribution in [0.25, 0.3) is 99.5 Å². The highest BCUT2D eigenvalue weighted by molar-refractivity contribution is 7.20. The molecule has 17 aromatic rings. The maximum atomic E-state index is 2.61. The summed E-state index contributed by atoms with van der Waals surface area (Å²) in [6, 6.07) is 139. The van der Waals surface area contributed by atoms with E-state index >= 15 is 0 Å². The molecule has 96 heavy (non-hydrogen) atoms. The number of para-hydroxylation sites is 4. The number of aromatic nitrogens is 2. The molecule has 2 nitrogen and oxygen atoms in total. The second-order valence-corrected chi connectivity index (χ2v) is 33.8. The molecule has 0 saturated heterocycles. The van der Waals surface area contributed by atoms with Crippen LogP contribution in [0, 0.1) is 0 Å². The topological polar surface area (TPSA) is 9.86 Å². The van der Waals surface area contributed by atoms with Crippen LogP contribution < -0.4 is 41.5 Å². The first kappa shape index (κ1) is 55.9. The summed E-state index contributed by atoms with van der Waals surface area (Å²) in [5.41, 5.74) is 22.7. The minimum absolute atomic E-state index is 0.824. The minimum atomic E-state index is -2.88. The second-order valence-electron chi connectivity index (χ2n) is 26.2. The Hall–Kier alpha value is -11.7. The Labute approximate surface area is 561 Å². The molecule has 0 spiro atoms. The summed E-state index contributed by atoms with van der Waals surface area (Å²) >= 11 is 0. The van der Waals surface area contributed by atoms with Crippen molar-refractivity contribution in [1.29, 1.82) is 0 Å². The van der Waals surface area contributed by atoms with Gasteiger partial charge in [0.1, 0.15) is 0 Å². The normalized spacial score (nSPS) is 12.5. The third kappa shape index (κ3) is 8.55. The molecule has 4 heteroatoms. The molecule has 0 unspecified atom stereocenters. The van der Waals surface area contributed by atoms with Crippen LogP contribution in [0.2, 0.25) is 0 Å². The average Bonchev–Trinajstić information content (AvgIpc) is 1.53. The van der Waals surface area contributed by atoms with Gasteiger partial charge in [0.15, 0.2) is 16.1 Å². The molecule has 0 radical (unpaired) electrons. The van der Waals surface area contributed by atoms with Crippen LogP contribution in [0.5, 0.6) is 0 Å². The lowest BCUT2D eigenvalue weighted by atomic mass is 9.90. The summed E-state index contributed by atoms with van der Waals surface area (Å²) in [5, 5.41) is 16.0. The van der Waals surface area contributed by atoms with Gasteiger partial charge in [-0.05, 0) is 176 Å². The molecular formula is C92H64N2Si2. The molecule has 0 atom stereocenters. The van der Waals surface area contributed by atoms with Gasteiger partial charge in [0, 0.05) is 32.9 Å². The largest absolute Gasteiger partial charge is 0.309 e. The van der Waals surface area contributed by atoms with Crippen LogP contribution in [0.15, 0.2) is 364 Å². The summed E-state index contributed by atoms with van der Waals surface area (Å²) in [6.45, 7) is 0. The fourth-order valence-electron chi connectivity index (χ4n) is 17.1. The minimum Gasteiger partial charge on any atom is -0.309 e. The Morgan fingerprint density at radius 1 is 0.198 bits per heavy atom. The Balaban J connectivity index is 0.847. The number of fused-ring (bicyclic) bond motifs is 12. The summed E-state index contributed by atoms with van der Waals surface area (Å²) in [6.07, 6.45) is 1.65. The first-order valence-electron chi connectivity index (χ1n) is 33.6. The lowest BCUT2D eigenvalue weighted by molar-refractivity contribution is 1.17. The van der Waals surface area contributed by atoms with Gasteiger partial charge in [-0.3, -0.25) is 0 Å². The van der Waals surface area contributed by atoms with Gasteiger partial charge < -0.3 is 9.13 Å². The summed E-state index contributed by atoms with van der Waals surface area (Å²) < 4.78 is 5.05. The van der Waals surface area contributed by atoms with Crippen molar-refractivity contribution in [2.24, 2.45) is 0 Å². The van der Waals surface area contributed by atoms with E-state index in [4.69, 9.17) is 0 Å². The van der Waals surface area contributed by atoms with Crippen molar-refractivity contribution in [3.63, 3.8) is 0 Å². The molecule has 2 aromatic heterocycles. The highest BCUT2D eigenvalue weighted by Gasteiger charge is 2.44. The zero-order valence-corrected chi connectivity index (χ0v) is 54.9. The first-order chi connectivity index (χ1) is 47.6. The Bertz CT molecular complexity index is 5220. The molecule has 0 N–H and O–H groups in total. The van der Waals surface area contributed by atoms with Gasteiger partial charge in [-0.25, -0.2) is 0 Å². The number of rotatable bonds is 12. The van der Waals surface area contributed by atoms with Crippen LogP contribution >= 0.6 is 0 Å². The van der Waals surface area contributed by atoms with E-state index in [9.17, 15) is 0 Å². The number of hydrogen-bond acceptors (Lipinski definition) is 0. The van der Waals surface area contributed by atoms with E-state index in [0.717, 1.165) is 24.2 Å². The molecule has 2 aliphatic rings. The lowest BCUT2D eigenvalue weighted by Crippen LogP contribution is -2.74. The molecule has 19 rings (SSSR count). The van der Waals surface area contributed by atoms with Crippen LogP contribution in [-0.2, 0) is 12.8 Å². The first-order valence-corrected chi connectivity index (χ1v) is 37.6. The third-order valence-corrected chi connectivity index (χ3v) is 30.8. The van der Waals surface area contributed by atoms with E-state index in [-0.39, 0.29) is 0 Å². The van der Waals surface area contributed by atoms with Crippen LogP contribution in [0.4, 0.5) is 0 Å². The number of benzene rings is 15. The smallest absolute Gasteiger partial charge is 0.179 e. The SMILES string of the molecule is c1ccc([Si](c2ccccc2)(c2ccccc2)c2ccc3c(c2)-c2cc(-n4c5ccccc5c5ccccc54)cc(-c4cccc(-c5cc(-n6c7ccccc7c7ccccc76)cc6c5Cc5ccc([Si](c7ccccc7)(c7ccccc7)c7ccccc7)cc5-6)c4)c2C3)cc1. The third-order valence-electron chi connectivity index (χ3n) is 21.3. The summed E-state index contributed by atoms with van der Waals surface area (Å²) in [4.78, 5) is 0. The van der Waals surface area contributed by atoms with Gasteiger partial charge in [0.05, 0.1) is 22.1 Å². The average molecular weight is 1250 g/mol. The van der Waals surface area contributed by atoms with E-state index in [1.807, 2.05) is 0 Å². The van der Waals surface area contributed by atoms with Crippen LogP contribution in [-0.4, -0.2) is 25.3 Å². The quantitative estimate of drug-likeness (QED) is 0.0852. The van der Waals surface area contributed by atoms with Crippen molar-refractivity contribution in [3.05, 3.63) is 386 Å². The van der Waals surface area contributed by atoms with Gasteiger partial charge in [-0.2, -0.15) is 0 Å². The lowest BCUT2D eigenvalue weighted by Gasteiger charge is -2.34. The molecule has 0 saturated carbocycles. The van der Waals surface area contributed by atoms with E-state index in [2.05, 4.69) is 373 Å². The molecule has 0 bridgehead atoms. The Kier molecular flexibility index (Phi) is 13.1. The molecule has 0 amide bonds. The second kappa shape index (κ2) is 22.5. The van der Waals surface area contributed by atoms with E-state index < -0.39 is 16.1 Å². The molecule has 2 aliphatic carbocycles. The van der Waals surface area contributed by atoms with E-state index in [0.29, 0.717) is 0 Å². The monoisotopic (exact) mass is 1250 g/mol. The predicted molar refractivity (Wildman–Crippen MR) is 410 cm³/mol. The van der Waals surface area contributed by atoms with Crippen molar-refractivity contribution in [2.75, 3.05) is 0 Å². The molecule has 0 fully saturated rings. The molecule has 450 valence electrons. The Morgan fingerprint density at radius 2 is 0.469 bits per heavy atom. The highest BCUT2D eigenvalue weighted by atomic mass is 28.3. The van der Waals surface area contributed by atoms with Crippen LogP contribution in [0.3, 0.4) is 0 Å². The van der Waals surface area contributed by atoms with Gasteiger partial charge in [-0.1, -0.05) is 309 Å². The molecular weight excluding hydrogens is 1190 g/mol. The van der Waals surface area contributed by atoms with Gasteiger partial charge in [0.2, 0.25) is 0 Å². The summed E-state index contributed by atoms with van der Waals surface area (Å²) in [7, 11) is -5.76. The van der Waals surface area contributed by atoms with Crippen molar-refractivity contribution in [1.82, 2.24) is 9.13 Å². The van der Waals surface area contributed by atoms with Crippen molar-refractivity contribution in [2.45, 2.75) is 12.8 Å². The maximum Gasteiger partial charge on any atom is 0.179 e. The van der Waals surface area contributed by atoms with Crippen molar-refractivity contribution < 1.29 is 0 Å². The van der Waals surface area contributed by atoms with E-state index in [1.54, 1.807) is 0 Å². The highest BCUT2D eigenvalue weighted by Crippen LogP contribution is 2.48. The van der Waals surface area contributed by atoms with E-state index in [1.165, 1.54) is 152 Å². The molecule has 2 heterocycles. The Morgan fingerprint density at radius 3 is 0.771 bits per heavy atom. The van der Waals surface area contributed by atoms with Gasteiger partial charge in [0.25, 0.3) is 0 Å². The van der Waals surface area contributed by atoms with Gasteiger partial charge >= 0.3 is 0 Å². The summed E-state index contributed by atoms with van der Waals surface area (Å²) in [5.74, 6) is 0. The van der Waals surface area contributed by atoms with Crippen molar-refractivity contribution >= 4 is 101 Å². The number of nitrogens with zero attached hydrogens (tertiary/aromatic N) is 2. The van der Waals surface area contributed by atoms with Crippen LogP contribution in [0.1, 0.15) is 22.3 Å². The predicted octanol–water partition coefficient (Wildman–Crippen LogP) is 17.1. The van der Waals surface area contributed by atoms with Gasteiger partial charge in [-0.15, -0.1) is 0 Å². The van der Waals surface area contributed by atoms with Crippen molar-refractivity contribution in [3.8, 4) is 55.9 Å². The standard InChI is InChI=1S/C92H64N2Si2/c1-7-30-69(31-8-1)95(70-32-9-2-10-33-70,71-34-11-3-12-35-71)75-52-50-65-55-85-81(57-67(59-87(85)83(65)61-75)93-89-46-23-19-42-77(89)78-43-20-24-47-90(78)93)63-28-27-29-64(54-63)82-58-68(94-91-48-25-21-44-79(91)80-45-22-26-49-92(80)94)60-88-84-62-76(53-51-66(84)56-86(82)88)96(72-36-13-4-14-37-72,73-38-15-5-16-39-73)74-40-17-6-18-41-74/h1-54,57-62H,55-56H2. The molecule has 15 aromatic carbocycles.